The predicted molar refractivity (Wildman–Crippen MR) is 75.8 cm³/mol. The third kappa shape index (κ3) is 5.14. The molecule has 98 valence electrons. The van der Waals surface area contributed by atoms with E-state index in [1.165, 1.54) is 0 Å². The van der Waals surface area contributed by atoms with Crippen molar-refractivity contribution in [1.82, 2.24) is 5.32 Å². The van der Waals surface area contributed by atoms with Crippen LogP contribution in [-0.4, -0.2) is 6.54 Å². The highest BCUT2D eigenvalue weighted by atomic mass is 15.1. The topological polar surface area (TPSA) is 71.6 Å². The van der Waals surface area contributed by atoms with Crippen molar-refractivity contribution >= 4 is 5.69 Å². The molecule has 4 nitrogen and oxygen atoms in total. The van der Waals surface area contributed by atoms with Gasteiger partial charge in [-0.15, -0.1) is 0 Å². The number of hydrogen-bond acceptors (Lipinski definition) is 4. The number of nitrogens with zero attached hydrogens (tertiary/aromatic N) is 2. The van der Waals surface area contributed by atoms with Crippen LogP contribution in [-0.2, 0) is 0 Å². The summed E-state index contributed by atoms with van der Waals surface area (Å²) in [6.45, 7) is 4.98. The Labute approximate surface area is 114 Å². The van der Waals surface area contributed by atoms with Gasteiger partial charge in [-0.1, -0.05) is 32.0 Å². The van der Waals surface area contributed by atoms with Crippen molar-refractivity contribution in [3.63, 3.8) is 0 Å². The van der Waals surface area contributed by atoms with Crippen molar-refractivity contribution in [3.8, 4) is 12.1 Å². The molecule has 1 aromatic rings. The van der Waals surface area contributed by atoms with E-state index in [0.29, 0.717) is 11.7 Å². The molecule has 1 aromatic carbocycles. The molecule has 0 spiro atoms. The highest BCUT2D eigenvalue weighted by Crippen LogP contribution is 2.10. The van der Waals surface area contributed by atoms with E-state index in [4.69, 9.17) is 10.5 Å². The smallest absolute Gasteiger partial charge is 0.169 e. The average Bonchev–Trinajstić information content (AvgIpc) is 2.40. The molecule has 0 unspecified atom stereocenters. The first-order chi connectivity index (χ1) is 9.17. The molecule has 0 aliphatic carbocycles. The molecule has 2 N–H and O–H groups in total. The lowest BCUT2D eigenvalue weighted by Gasteiger charge is -2.14. The summed E-state index contributed by atoms with van der Waals surface area (Å²) in [6.07, 6.45) is 0.976. The molecule has 0 aromatic heterocycles. The largest absolute Gasteiger partial charge is 0.370 e. The molecule has 0 heterocycles. The summed E-state index contributed by atoms with van der Waals surface area (Å²) in [5.74, 6) is 1.04. The van der Waals surface area contributed by atoms with Gasteiger partial charge in [0.05, 0.1) is 0 Å². The van der Waals surface area contributed by atoms with Gasteiger partial charge in [0.2, 0.25) is 0 Å². The molecule has 0 bridgehead atoms. The van der Waals surface area contributed by atoms with Gasteiger partial charge in [0.25, 0.3) is 0 Å². The minimum atomic E-state index is 0.0626. The molecule has 0 atom stereocenters. The van der Waals surface area contributed by atoms with Gasteiger partial charge in [-0.3, -0.25) is 0 Å². The Hall–Kier alpha value is -2.46. The quantitative estimate of drug-likeness (QED) is 0.765. The number of rotatable bonds is 6. The van der Waals surface area contributed by atoms with Gasteiger partial charge in [0.15, 0.2) is 5.57 Å². The Morgan fingerprint density at radius 2 is 1.79 bits per heavy atom. The molecule has 0 amide bonds. The first-order valence-corrected chi connectivity index (χ1v) is 6.27. The maximum Gasteiger partial charge on any atom is 0.169 e. The Bertz CT molecular complexity index is 487. The fourth-order valence-electron chi connectivity index (χ4n) is 1.48. The standard InChI is InChI=1S/C15H18N4/c1-12(2)8-9-18-15(13(10-16)11-17)19-14-6-4-3-5-7-14/h3-7,12,18-19H,8-9H2,1-2H3. The van der Waals surface area contributed by atoms with Crippen LogP contribution in [0.2, 0.25) is 0 Å². The third-order valence-corrected chi connectivity index (χ3v) is 2.54. The first kappa shape index (κ1) is 14.6. The second kappa shape index (κ2) is 7.79. The van der Waals surface area contributed by atoms with Crippen molar-refractivity contribution in [2.45, 2.75) is 20.3 Å². The zero-order chi connectivity index (χ0) is 14.1. The van der Waals surface area contributed by atoms with E-state index in [0.717, 1.165) is 18.7 Å². The lowest BCUT2D eigenvalue weighted by atomic mass is 10.1. The highest BCUT2D eigenvalue weighted by molar-refractivity contribution is 5.52. The van der Waals surface area contributed by atoms with Gasteiger partial charge in [0.1, 0.15) is 18.0 Å². The molecule has 0 fully saturated rings. The van der Waals surface area contributed by atoms with E-state index < -0.39 is 0 Å². The summed E-state index contributed by atoms with van der Waals surface area (Å²) in [4.78, 5) is 0. The minimum absolute atomic E-state index is 0.0626. The Balaban J connectivity index is 2.80. The van der Waals surface area contributed by atoms with Crippen LogP contribution in [0, 0.1) is 28.6 Å². The third-order valence-electron chi connectivity index (χ3n) is 2.54. The summed E-state index contributed by atoms with van der Waals surface area (Å²) in [6, 6.07) is 13.3. The van der Waals surface area contributed by atoms with Crippen molar-refractivity contribution in [1.29, 1.82) is 10.5 Å². The molecule has 0 saturated carbocycles. The second-order valence-electron chi connectivity index (χ2n) is 4.57. The van der Waals surface area contributed by atoms with Crippen molar-refractivity contribution in [2.24, 2.45) is 5.92 Å². The first-order valence-electron chi connectivity index (χ1n) is 6.27. The second-order valence-corrected chi connectivity index (χ2v) is 4.57. The van der Waals surface area contributed by atoms with Gasteiger partial charge in [-0.25, -0.2) is 0 Å². The number of hydrogen-bond donors (Lipinski definition) is 2. The number of benzene rings is 1. The van der Waals surface area contributed by atoms with E-state index >= 15 is 0 Å². The average molecular weight is 254 g/mol. The highest BCUT2D eigenvalue weighted by Gasteiger charge is 2.06. The summed E-state index contributed by atoms with van der Waals surface area (Å²) in [7, 11) is 0. The molecular weight excluding hydrogens is 236 g/mol. The van der Waals surface area contributed by atoms with E-state index in [1.54, 1.807) is 0 Å². The van der Waals surface area contributed by atoms with E-state index in [2.05, 4.69) is 24.5 Å². The van der Waals surface area contributed by atoms with E-state index in [-0.39, 0.29) is 5.57 Å². The Morgan fingerprint density at radius 3 is 2.32 bits per heavy atom. The molecule has 19 heavy (non-hydrogen) atoms. The summed E-state index contributed by atoms with van der Waals surface area (Å²) >= 11 is 0. The van der Waals surface area contributed by atoms with Crippen LogP contribution in [0.3, 0.4) is 0 Å². The Morgan fingerprint density at radius 1 is 1.16 bits per heavy atom. The molecular formula is C15H18N4. The molecule has 0 radical (unpaired) electrons. The maximum atomic E-state index is 8.97. The number of para-hydroxylation sites is 1. The van der Waals surface area contributed by atoms with Crippen LogP contribution in [0.25, 0.3) is 0 Å². The molecule has 4 heteroatoms. The Kier molecular flexibility index (Phi) is 5.98. The van der Waals surface area contributed by atoms with Gasteiger partial charge >= 0.3 is 0 Å². The summed E-state index contributed by atoms with van der Waals surface area (Å²) in [5, 5.41) is 24.1. The van der Waals surface area contributed by atoms with Crippen molar-refractivity contribution in [3.05, 3.63) is 41.7 Å². The van der Waals surface area contributed by atoms with Crippen LogP contribution in [0.5, 0.6) is 0 Å². The fraction of sp³-hybridized carbons (Fsp3) is 0.333. The number of nitrogens with one attached hydrogen (secondary N) is 2. The van der Waals surface area contributed by atoms with Gasteiger partial charge in [-0.2, -0.15) is 10.5 Å². The molecule has 0 aliphatic rings. The van der Waals surface area contributed by atoms with E-state index in [1.807, 2.05) is 42.5 Å². The maximum absolute atomic E-state index is 8.97. The molecule has 1 rings (SSSR count). The van der Waals surface area contributed by atoms with Gasteiger partial charge in [-0.05, 0) is 24.5 Å². The summed E-state index contributed by atoms with van der Waals surface area (Å²) < 4.78 is 0. The number of allylic oxidation sites excluding steroid dienone is 1. The number of anilines is 1. The van der Waals surface area contributed by atoms with Crippen molar-refractivity contribution < 1.29 is 0 Å². The molecule has 0 saturated heterocycles. The monoisotopic (exact) mass is 254 g/mol. The van der Waals surface area contributed by atoms with Crippen LogP contribution in [0.4, 0.5) is 5.69 Å². The normalized spacial score (nSPS) is 9.32. The zero-order valence-corrected chi connectivity index (χ0v) is 11.3. The molecule has 0 aliphatic heterocycles. The van der Waals surface area contributed by atoms with E-state index in [9.17, 15) is 0 Å². The van der Waals surface area contributed by atoms with Gasteiger partial charge in [0, 0.05) is 12.2 Å². The van der Waals surface area contributed by atoms with Crippen LogP contribution in [0.1, 0.15) is 20.3 Å². The minimum Gasteiger partial charge on any atom is -0.370 e. The van der Waals surface area contributed by atoms with Gasteiger partial charge < -0.3 is 10.6 Å². The zero-order valence-electron chi connectivity index (χ0n) is 11.3. The van der Waals surface area contributed by atoms with Crippen LogP contribution < -0.4 is 10.6 Å². The summed E-state index contributed by atoms with van der Waals surface area (Å²) in [5.41, 5.74) is 0.908. The lowest BCUT2D eigenvalue weighted by Crippen LogP contribution is -2.23. The fourth-order valence-corrected chi connectivity index (χ4v) is 1.48. The number of nitriles is 2. The van der Waals surface area contributed by atoms with Crippen molar-refractivity contribution in [2.75, 3.05) is 11.9 Å². The lowest BCUT2D eigenvalue weighted by molar-refractivity contribution is 0.564. The van der Waals surface area contributed by atoms with Crippen LogP contribution in [0.15, 0.2) is 41.7 Å². The predicted octanol–water partition coefficient (Wildman–Crippen LogP) is 2.99. The SMILES string of the molecule is CC(C)CCNC(Nc1ccccc1)=C(C#N)C#N. The van der Waals surface area contributed by atoms with Crippen LogP contribution >= 0.6 is 0 Å².